The van der Waals surface area contributed by atoms with Crippen LogP contribution in [0.3, 0.4) is 0 Å². The monoisotopic (exact) mass is 257 g/mol. The quantitative estimate of drug-likeness (QED) is 0.528. The van der Waals surface area contributed by atoms with Crippen LogP contribution in [0.4, 0.5) is 0 Å². The second-order valence-corrected chi connectivity index (χ2v) is 11.0. The van der Waals surface area contributed by atoms with Crippen LogP contribution in [-0.4, -0.2) is 13.1 Å². The second kappa shape index (κ2) is 4.50. The molecule has 0 bridgehead atoms. The molecule has 1 aromatic heterocycles. The average molecular weight is 258 g/mol. The summed E-state index contributed by atoms with van der Waals surface area (Å²) in [5.74, 6) is -0.834. The normalized spacial score (nSPS) is 27.4. The molecule has 1 fully saturated rings. The minimum Gasteiger partial charge on any atom is -0.244 e. The molecule has 2 rings (SSSR count). The summed E-state index contributed by atoms with van der Waals surface area (Å²) in [4.78, 5) is 3.89. The van der Waals surface area contributed by atoms with Crippen molar-refractivity contribution in [3.05, 3.63) is 28.5 Å². The summed E-state index contributed by atoms with van der Waals surface area (Å²) >= 11 is 5.93. The van der Waals surface area contributed by atoms with E-state index >= 15 is 0 Å². The van der Waals surface area contributed by atoms with Crippen LogP contribution < -0.4 is 0 Å². The van der Waals surface area contributed by atoms with Gasteiger partial charge in [-0.1, -0.05) is 36.8 Å². The second-order valence-electron chi connectivity index (χ2n) is 5.32. The van der Waals surface area contributed by atoms with E-state index in [4.69, 9.17) is 17.1 Å². The van der Waals surface area contributed by atoms with Crippen molar-refractivity contribution in [2.45, 2.75) is 50.8 Å². The third-order valence-corrected chi connectivity index (χ3v) is 6.87. The molecule has 0 aliphatic carbocycles. The fourth-order valence-electron chi connectivity index (χ4n) is 2.22. The van der Waals surface area contributed by atoms with Gasteiger partial charge in [0, 0.05) is 19.8 Å². The number of halogens is 1. The van der Waals surface area contributed by atoms with Gasteiger partial charge in [0.25, 0.3) is 0 Å². The Morgan fingerprint density at radius 3 is 2.81 bits per heavy atom. The van der Waals surface area contributed by atoms with E-state index in [0.29, 0.717) is 5.56 Å². The molecule has 0 unspecified atom stereocenters. The van der Waals surface area contributed by atoms with Gasteiger partial charge in [-0.25, -0.2) is 4.98 Å². The number of pyridine rings is 1. The molecule has 0 amide bonds. The molecule has 0 atom stereocenters. The van der Waals surface area contributed by atoms with Crippen molar-refractivity contribution >= 4 is 19.7 Å². The molecule has 1 aromatic rings. The van der Waals surface area contributed by atoms with Gasteiger partial charge in [0.1, 0.15) is 5.15 Å². The lowest BCUT2D eigenvalue weighted by Crippen LogP contribution is -2.30. The Bertz CT molecular complexity index is 506. The van der Waals surface area contributed by atoms with Crippen LogP contribution in [0, 0.1) is 6.85 Å². The highest BCUT2D eigenvalue weighted by Crippen LogP contribution is 2.39. The molecular weight excluding hydrogens is 234 g/mol. The van der Waals surface area contributed by atoms with Crippen LogP contribution in [0.1, 0.15) is 35.3 Å². The van der Waals surface area contributed by atoms with Crippen molar-refractivity contribution in [3.8, 4) is 0 Å². The van der Waals surface area contributed by atoms with E-state index in [1.165, 1.54) is 6.20 Å². The predicted molar refractivity (Wildman–Crippen MR) is 73.1 cm³/mol. The lowest BCUT2D eigenvalue weighted by Gasteiger charge is -2.33. The lowest BCUT2D eigenvalue weighted by atomic mass is 9.91. The number of aryl methyl sites for hydroxylation is 1. The first-order valence-electron chi connectivity index (χ1n) is 7.70. The van der Waals surface area contributed by atoms with Crippen molar-refractivity contribution < 1.29 is 5.48 Å². The van der Waals surface area contributed by atoms with Crippen LogP contribution in [-0.2, 0) is 0 Å². The molecule has 0 N–H and O–H groups in total. The summed E-state index contributed by atoms with van der Waals surface area (Å²) < 4.78 is 31.7. The standard InChI is InChI=1S/C13H20ClNSi/c1-10-9-15-13(14)8-12(10)11-4-6-16(2,3)7-5-11/h8-9,11H,4-7H2,1-3H3/i1D3,11D. The van der Waals surface area contributed by atoms with E-state index in [0.717, 1.165) is 24.9 Å². The van der Waals surface area contributed by atoms with Gasteiger partial charge in [0.05, 0.1) is 0 Å². The fraction of sp³-hybridized carbons (Fsp3) is 0.615. The van der Waals surface area contributed by atoms with E-state index in [1.54, 1.807) is 6.07 Å². The molecule has 2 heterocycles. The highest BCUT2D eigenvalue weighted by molar-refractivity contribution is 6.77. The SMILES string of the molecule is [2H]C([2H])([2H])c1cnc(Cl)cc1C1([2H])CC[Si](C)(C)CC1. The van der Waals surface area contributed by atoms with E-state index in [-0.39, 0.29) is 10.7 Å². The lowest BCUT2D eigenvalue weighted by molar-refractivity contribution is 0.598. The smallest absolute Gasteiger partial charge is 0.129 e. The molecule has 0 radical (unpaired) electrons. The van der Waals surface area contributed by atoms with Crippen molar-refractivity contribution in [1.82, 2.24) is 4.98 Å². The maximum absolute atomic E-state index is 8.74. The van der Waals surface area contributed by atoms with Gasteiger partial charge in [-0.15, -0.1) is 0 Å². The molecule has 0 aromatic carbocycles. The van der Waals surface area contributed by atoms with Gasteiger partial charge in [0.15, 0.2) is 0 Å². The summed E-state index contributed by atoms with van der Waals surface area (Å²) in [5, 5.41) is 0.265. The van der Waals surface area contributed by atoms with Crippen LogP contribution in [0.15, 0.2) is 12.3 Å². The summed E-state index contributed by atoms with van der Waals surface area (Å²) in [6.07, 6.45) is 2.75. The Labute approximate surface area is 110 Å². The average Bonchev–Trinajstić information content (AvgIpc) is 2.32. The number of nitrogens with zero attached hydrogens (tertiary/aromatic N) is 1. The van der Waals surface area contributed by atoms with Gasteiger partial charge in [-0.3, -0.25) is 0 Å². The van der Waals surface area contributed by atoms with Gasteiger partial charge >= 0.3 is 0 Å². The number of hydrogen-bond donors (Lipinski definition) is 0. The zero-order chi connectivity index (χ0) is 15.2. The van der Waals surface area contributed by atoms with Gasteiger partial charge in [-0.2, -0.15) is 0 Å². The van der Waals surface area contributed by atoms with Crippen LogP contribution >= 0.6 is 11.6 Å². The first kappa shape index (κ1) is 7.88. The first-order chi connectivity index (χ1) is 9.04. The zero-order valence-corrected chi connectivity index (χ0v) is 11.6. The minimum atomic E-state index is -2.24. The zero-order valence-electron chi connectivity index (χ0n) is 13.8. The molecule has 1 nitrogen and oxygen atoms in total. The maximum Gasteiger partial charge on any atom is 0.129 e. The van der Waals surface area contributed by atoms with Gasteiger partial charge < -0.3 is 0 Å². The van der Waals surface area contributed by atoms with E-state index < -0.39 is 20.8 Å². The summed E-state index contributed by atoms with van der Waals surface area (Å²) in [5.41, 5.74) is 0.722. The molecule has 0 saturated carbocycles. The van der Waals surface area contributed by atoms with Crippen molar-refractivity contribution in [3.63, 3.8) is 0 Å². The van der Waals surface area contributed by atoms with E-state index in [1.807, 2.05) is 0 Å². The van der Waals surface area contributed by atoms with Gasteiger partial charge in [0.2, 0.25) is 0 Å². The Hall–Kier alpha value is -0.343. The Kier molecular flexibility index (Phi) is 2.22. The molecule has 1 saturated heterocycles. The number of hydrogen-bond acceptors (Lipinski definition) is 1. The Morgan fingerprint density at radius 1 is 1.50 bits per heavy atom. The van der Waals surface area contributed by atoms with Crippen molar-refractivity contribution in [2.75, 3.05) is 0 Å². The highest BCUT2D eigenvalue weighted by atomic mass is 35.5. The first-order valence-corrected chi connectivity index (χ1v) is 9.49. The van der Waals surface area contributed by atoms with E-state index in [9.17, 15) is 0 Å². The number of rotatable bonds is 1. The van der Waals surface area contributed by atoms with Crippen LogP contribution in [0.2, 0.25) is 30.3 Å². The summed E-state index contributed by atoms with van der Waals surface area (Å²) in [7, 11) is -1.20. The predicted octanol–water partition coefficient (Wildman–Crippen LogP) is 4.63. The molecular formula is C13H20ClNSi. The fourth-order valence-corrected chi connectivity index (χ4v) is 4.59. The minimum absolute atomic E-state index is 0.179. The summed E-state index contributed by atoms with van der Waals surface area (Å²) in [6, 6.07) is 3.68. The summed E-state index contributed by atoms with van der Waals surface area (Å²) in [6.45, 7) is 2.42. The molecule has 1 aliphatic rings. The third kappa shape index (κ3) is 2.66. The van der Waals surface area contributed by atoms with Crippen LogP contribution in [0.25, 0.3) is 0 Å². The van der Waals surface area contributed by atoms with Crippen molar-refractivity contribution in [2.24, 2.45) is 0 Å². The molecule has 88 valence electrons. The topological polar surface area (TPSA) is 12.9 Å². The Balaban J connectivity index is 2.44. The molecule has 3 heteroatoms. The molecule has 0 spiro atoms. The molecule has 16 heavy (non-hydrogen) atoms. The van der Waals surface area contributed by atoms with E-state index in [2.05, 4.69) is 18.1 Å². The molecule has 1 aliphatic heterocycles. The largest absolute Gasteiger partial charge is 0.244 e. The van der Waals surface area contributed by atoms with Crippen LogP contribution in [0.5, 0.6) is 0 Å². The highest BCUT2D eigenvalue weighted by Gasteiger charge is 2.29. The maximum atomic E-state index is 8.74. The van der Waals surface area contributed by atoms with Gasteiger partial charge in [-0.05, 0) is 42.8 Å². The Morgan fingerprint density at radius 2 is 2.19 bits per heavy atom. The third-order valence-electron chi connectivity index (χ3n) is 3.46. The number of aromatic nitrogens is 1. The van der Waals surface area contributed by atoms with Crippen molar-refractivity contribution in [1.29, 1.82) is 0 Å².